The third-order valence-electron chi connectivity index (χ3n) is 5.04. The number of aryl methyl sites for hydroxylation is 1. The zero-order valence-corrected chi connectivity index (χ0v) is 12.9. The monoisotopic (exact) mass is 290 g/mol. The maximum Gasteiger partial charge on any atom is 0.290 e. The maximum absolute atomic E-state index is 12.9. The molecule has 2 aliphatic rings. The van der Waals surface area contributed by atoms with Crippen molar-refractivity contribution < 1.29 is 9.21 Å². The number of furan rings is 1. The van der Waals surface area contributed by atoms with Crippen LogP contribution in [0.5, 0.6) is 0 Å². The first kappa shape index (κ1) is 14.6. The van der Waals surface area contributed by atoms with Crippen LogP contribution in [-0.4, -0.2) is 36.5 Å². The van der Waals surface area contributed by atoms with E-state index in [9.17, 15) is 4.79 Å². The van der Waals surface area contributed by atoms with Gasteiger partial charge in [-0.1, -0.05) is 12.8 Å². The molecule has 2 saturated heterocycles. The number of carbonyl (C=O) groups excluding carboxylic acids is 1. The van der Waals surface area contributed by atoms with Crippen LogP contribution in [0.25, 0.3) is 0 Å². The quantitative estimate of drug-likeness (QED) is 0.911. The Morgan fingerprint density at radius 2 is 2.05 bits per heavy atom. The number of piperidine rings is 1. The molecule has 1 aromatic heterocycles. The topological polar surface area (TPSA) is 45.5 Å². The zero-order chi connectivity index (χ0) is 14.7. The molecule has 2 fully saturated rings. The standard InChI is InChI=1S/C17H26N2O2/c1-13-8-12-21-16(13)17(20)19-11-4-2-3-5-15(19)14-6-9-18-10-7-14/h8,12,14-15,18H,2-7,9-11H2,1H3. The molecule has 0 aromatic carbocycles. The molecule has 1 unspecified atom stereocenters. The summed E-state index contributed by atoms with van der Waals surface area (Å²) in [6.07, 6.45) is 8.75. The summed E-state index contributed by atoms with van der Waals surface area (Å²) in [6.45, 7) is 5.01. The van der Waals surface area contributed by atoms with Crippen LogP contribution in [0.4, 0.5) is 0 Å². The number of carbonyl (C=O) groups is 1. The molecule has 3 heterocycles. The normalized spacial score (nSPS) is 24.8. The van der Waals surface area contributed by atoms with Gasteiger partial charge in [0.1, 0.15) is 0 Å². The van der Waals surface area contributed by atoms with Crippen LogP contribution in [0.2, 0.25) is 0 Å². The number of hydrogen-bond donors (Lipinski definition) is 1. The highest BCUT2D eigenvalue weighted by Gasteiger charge is 2.34. The van der Waals surface area contributed by atoms with E-state index in [0.717, 1.165) is 38.0 Å². The fourth-order valence-corrected chi connectivity index (χ4v) is 3.83. The van der Waals surface area contributed by atoms with Gasteiger partial charge in [-0.15, -0.1) is 0 Å². The highest BCUT2D eigenvalue weighted by Crippen LogP contribution is 2.30. The number of hydrogen-bond acceptors (Lipinski definition) is 3. The lowest BCUT2D eigenvalue weighted by atomic mass is 9.86. The first-order valence-electron chi connectivity index (χ1n) is 8.33. The smallest absolute Gasteiger partial charge is 0.290 e. The third-order valence-corrected chi connectivity index (χ3v) is 5.04. The number of amides is 1. The van der Waals surface area contributed by atoms with E-state index in [-0.39, 0.29) is 5.91 Å². The Morgan fingerprint density at radius 1 is 1.24 bits per heavy atom. The summed E-state index contributed by atoms with van der Waals surface area (Å²) < 4.78 is 5.45. The minimum absolute atomic E-state index is 0.0999. The van der Waals surface area contributed by atoms with Gasteiger partial charge in [-0.3, -0.25) is 4.79 Å². The number of nitrogens with one attached hydrogen (secondary N) is 1. The van der Waals surface area contributed by atoms with Crippen LogP contribution >= 0.6 is 0 Å². The lowest BCUT2D eigenvalue weighted by molar-refractivity contribution is 0.0549. The molecule has 0 radical (unpaired) electrons. The highest BCUT2D eigenvalue weighted by atomic mass is 16.3. The Labute approximate surface area is 126 Å². The van der Waals surface area contributed by atoms with Crippen molar-refractivity contribution in [2.24, 2.45) is 5.92 Å². The molecule has 21 heavy (non-hydrogen) atoms. The second-order valence-corrected chi connectivity index (χ2v) is 6.44. The van der Waals surface area contributed by atoms with E-state index in [1.807, 2.05) is 13.0 Å². The Hall–Kier alpha value is -1.29. The number of nitrogens with zero attached hydrogens (tertiary/aromatic N) is 1. The molecule has 1 N–H and O–H groups in total. The van der Waals surface area contributed by atoms with Crippen LogP contribution in [0.3, 0.4) is 0 Å². The molecule has 4 nitrogen and oxygen atoms in total. The highest BCUT2D eigenvalue weighted by molar-refractivity contribution is 5.93. The number of likely N-dealkylation sites (tertiary alicyclic amines) is 1. The van der Waals surface area contributed by atoms with E-state index >= 15 is 0 Å². The van der Waals surface area contributed by atoms with Crippen LogP contribution < -0.4 is 5.32 Å². The minimum atomic E-state index is 0.0999. The molecule has 0 spiro atoms. The molecule has 0 bridgehead atoms. The second-order valence-electron chi connectivity index (χ2n) is 6.44. The Kier molecular flexibility index (Phi) is 4.63. The third kappa shape index (κ3) is 3.15. The van der Waals surface area contributed by atoms with Crippen LogP contribution in [0.1, 0.15) is 54.6 Å². The Balaban J connectivity index is 1.81. The van der Waals surface area contributed by atoms with Gasteiger partial charge in [0.25, 0.3) is 5.91 Å². The summed E-state index contributed by atoms with van der Waals surface area (Å²) >= 11 is 0. The van der Waals surface area contributed by atoms with Crippen molar-refractivity contribution in [3.63, 3.8) is 0 Å². The summed E-state index contributed by atoms with van der Waals surface area (Å²) in [7, 11) is 0. The van der Waals surface area contributed by atoms with E-state index in [2.05, 4.69) is 10.2 Å². The van der Waals surface area contributed by atoms with Gasteiger partial charge in [0.05, 0.1) is 6.26 Å². The van der Waals surface area contributed by atoms with Gasteiger partial charge in [-0.05, 0) is 57.7 Å². The van der Waals surface area contributed by atoms with Crippen molar-refractivity contribution in [3.05, 3.63) is 23.7 Å². The summed E-state index contributed by atoms with van der Waals surface area (Å²) in [6, 6.07) is 2.27. The average molecular weight is 290 g/mol. The molecular weight excluding hydrogens is 264 g/mol. The van der Waals surface area contributed by atoms with Crippen LogP contribution in [0.15, 0.2) is 16.7 Å². The fourth-order valence-electron chi connectivity index (χ4n) is 3.83. The molecule has 116 valence electrons. The zero-order valence-electron chi connectivity index (χ0n) is 12.9. The fraction of sp³-hybridized carbons (Fsp3) is 0.706. The largest absolute Gasteiger partial charge is 0.459 e. The molecule has 0 aliphatic carbocycles. The molecule has 0 saturated carbocycles. The summed E-state index contributed by atoms with van der Waals surface area (Å²) in [5, 5.41) is 3.43. The molecule has 1 atom stereocenters. The van der Waals surface area contributed by atoms with Crippen molar-refractivity contribution >= 4 is 5.91 Å². The Bertz CT molecular complexity index is 477. The van der Waals surface area contributed by atoms with Gasteiger partial charge >= 0.3 is 0 Å². The number of rotatable bonds is 2. The lowest BCUT2D eigenvalue weighted by Gasteiger charge is -2.37. The molecular formula is C17H26N2O2. The SMILES string of the molecule is Cc1ccoc1C(=O)N1CCCCCC1C1CCNCC1. The van der Waals surface area contributed by atoms with E-state index < -0.39 is 0 Å². The molecule has 2 aliphatic heterocycles. The predicted molar refractivity (Wildman–Crippen MR) is 82.3 cm³/mol. The van der Waals surface area contributed by atoms with Crippen LogP contribution in [-0.2, 0) is 0 Å². The van der Waals surface area contributed by atoms with Crippen LogP contribution in [0, 0.1) is 12.8 Å². The molecule has 3 rings (SSSR count). The Morgan fingerprint density at radius 3 is 2.76 bits per heavy atom. The average Bonchev–Trinajstić information content (AvgIpc) is 2.80. The van der Waals surface area contributed by atoms with Crippen molar-refractivity contribution in [1.29, 1.82) is 0 Å². The van der Waals surface area contributed by atoms with Crippen molar-refractivity contribution in [3.8, 4) is 0 Å². The van der Waals surface area contributed by atoms with Gasteiger partial charge < -0.3 is 14.6 Å². The van der Waals surface area contributed by atoms with Crippen molar-refractivity contribution in [2.75, 3.05) is 19.6 Å². The van der Waals surface area contributed by atoms with E-state index in [0.29, 0.717) is 17.7 Å². The molecule has 4 heteroatoms. The van der Waals surface area contributed by atoms with Gasteiger partial charge in [0.15, 0.2) is 5.76 Å². The first-order chi connectivity index (χ1) is 10.3. The van der Waals surface area contributed by atoms with Gasteiger partial charge in [0.2, 0.25) is 0 Å². The summed E-state index contributed by atoms with van der Waals surface area (Å²) in [5.74, 6) is 1.28. The van der Waals surface area contributed by atoms with E-state index in [1.165, 1.54) is 25.7 Å². The second kappa shape index (κ2) is 6.65. The predicted octanol–water partition coefficient (Wildman–Crippen LogP) is 2.97. The molecule has 1 amide bonds. The van der Waals surface area contributed by atoms with Gasteiger partial charge in [-0.2, -0.15) is 0 Å². The van der Waals surface area contributed by atoms with Gasteiger partial charge in [0, 0.05) is 18.2 Å². The van der Waals surface area contributed by atoms with Gasteiger partial charge in [-0.25, -0.2) is 0 Å². The first-order valence-corrected chi connectivity index (χ1v) is 8.33. The summed E-state index contributed by atoms with van der Waals surface area (Å²) in [4.78, 5) is 15.0. The molecule has 1 aromatic rings. The lowest BCUT2D eigenvalue weighted by Crippen LogP contribution is -2.47. The van der Waals surface area contributed by atoms with Crippen molar-refractivity contribution in [1.82, 2.24) is 10.2 Å². The van der Waals surface area contributed by atoms with Crippen molar-refractivity contribution in [2.45, 2.75) is 51.5 Å². The maximum atomic E-state index is 12.9. The minimum Gasteiger partial charge on any atom is -0.459 e. The van der Waals surface area contributed by atoms with E-state index in [1.54, 1.807) is 6.26 Å². The summed E-state index contributed by atoms with van der Waals surface area (Å²) in [5.41, 5.74) is 0.952. The van der Waals surface area contributed by atoms with E-state index in [4.69, 9.17) is 4.42 Å².